The number of halogens is 3. The molecule has 0 bridgehead atoms. The molecular weight excluding hydrogens is 335 g/mol. The lowest BCUT2D eigenvalue weighted by Gasteiger charge is -2.12. The maximum absolute atomic E-state index is 12.6. The second-order valence-electron chi connectivity index (χ2n) is 4.57. The monoisotopic (exact) mass is 343 g/mol. The fraction of sp³-hybridized carbons (Fsp3) is 0.154. The maximum atomic E-state index is 12.6. The Morgan fingerprint density at radius 3 is 2.48 bits per heavy atom. The van der Waals surface area contributed by atoms with Crippen molar-refractivity contribution in [3.05, 3.63) is 53.9 Å². The van der Waals surface area contributed by atoms with Crippen LogP contribution in [-0.2, 0) is 20.7 Å². The number of hydrogen-bond acceptors (Lipinski definition) is 6. The molecule has 0 amide bonds. The number of allylic oxidation sites excluding steroid dienone is 1. The third-order valence-electron chi connectivity index (χ3n) is 3.10. The Labute approximate surface area is 128 Å². The first-order valence-electron chi connectivity index (χ1n) is 6.24. The summed E-state index contributed by atoms with van der Waals surface area (Å²) >= 11 is 0. The van der Waals surface area contributed by atoms with Crippen molar-refractivity contribution in [1.82, 2.24) is 15.0 Å². The maximum Gasteiger partial charge on any atom is 0.534 e. The van der Waals surface area contributed by atoms with Crippen molar-refractivity contribution in [3.8, 4) is 0 Å². The van der Waals surface area contributed by atoms with Crippen LogP contribution in [-0.4, -0.2) is 28.9 Å². The van der Waals surface area contributed by atoms with Gasteiger partial charge in [-0.25, -0.2) is 9.97 Å². The Bertz CT molecular complexity index is 880. The molecule has 0 fully saturated rings. The van der Waals surface area contributed by atoms with Crippen molar-refractivity contribution in [2.75, 3.05) is 0 Å². The molecule has 2 aromatic heterocycles. The van der Waals surface area contributed by atoms with Gasteiger partial charge in [-0.05, 0) is 17.7 Å². The van der Waals surface area contributed by atoms with Crippen LogP contribution < -0.4 is 0 Å². The first kappa shape index (κ1) is 15.4. The van der Waals surface area contributed by atoms with E-state index in [1.807, 2.05) is 0 Å². The molecule has 0 aromatic carbocycles. The number of aromatic nitrogens is 3. The van der Waals surface area contributed by atoms with Crippen LogP contribution in [0.3, 0.4) is 0 Å². The Balaban J connectivity index is 2.14. The highest BCUT2D eigenvalue weighted by Crippen LogP contribution is 2.40. The van der Waals surface area contributed by atoms with Gasteiger partial charge >= 0.3 is 15.6 Å². The molecule has 3 rings (SSSR count). The molecule has 10 heteroatoms. The third kappa shape index (κ3) is 2.77. The van der Waals surface area contributed by atoms with E-state index in [-0.39, 0.29) is 23.4 Å². The summed E-state index contributed by atoms with van der Waals surface area (Å²) in [5.74, 6) is -0.331. The molecule has 6 nitrogen and oxygen atoms in total. The molecule has 2 heterocycles. The van der Waals surface area contributed by atoms with Crippen LogP contribution in [0.2, 0.25) is 0 Å². The van der Waals surface area contributed by atoms with E-state index in [1.54, 1.807) is 0 Å². The zero-order valence-corrected chi connectivity index (χ0v) is 12.1. The van der Waals surface area contributed by atoms with Gasteiger partial charge in [-0.15, -0.1) is 0 Å². The molecule has 0 unspecified atom stereocenters. The number of hydrogen-bond donors (Lipinski definition) is 0. The Kier molecular flexibility index (Phi) is 3.55. The minimum Gasteiger partial charge on any atom is -0.375 e. The molecule has 0 atom stereocenters. The summed E-state index contributed by atoms with van der Waals surface area (Å²) in [4.78, 5) is 11.8. The van der Waals surface area contributed by atoms with Crippen LogP contribution in [0.15, 0.2) is 36.9 Å². The quantitative estimate of drug-likeness (QED) is 0.627. The number of alkyl halides is 3. The second kappa shape index (κ2) is 5.30. The van der Waals surface area contributed by atoms with Crippen LogP contribution in [0.25, 0.3) is 11.3 Å². The molecule has 0 radical (unpaired) electrons. The Hall–Kier alpha value is -2.49. The largest absolute Gasteiger partial charge is 0.534 e. The first-order chi connectivity index (χ1) is 10.8. The van der Waals surface area contributed by atoms with Crippen LogP contribution >= 0.6 is 0 Å². The van der Waals surface area contributed by atoms with Gasteiger partial charge in [0.2, 0.25) is 0 Å². The van der Waals surface area contributed by atoms with Crippen LogP contribution in [0.1, 0.15) is 17.0 Å². The van der Waals surface area contributed by atoms with E-state index in [2.05, 4.69) is 19.1 Å². The van der Waals surface area contributed by atoms with Crippen molar-refractivity contribution in [2.24, 2.45) is 0 Å². The molecule has 1 aliphatic carbocycles. The van der Waals surface area contributed by atoms with Crippen molar-refractivity contribution in [1.29, 1.82) is 0 Å². The van der Waals surface area contributed by atoms with Gasteiger partial charge < -0.3 is 4.18 Å². The second-order valence-corrected chi connectivity index (χ2v) is 6.11. The summed E-state index contributed by atoms with van der Waals surface area (Å²) in [6.45, 7) is 0. The molecule has 1 aliphatic rings. The summed E-state index contributed by atoms with van der Waals surface area (Å²) in [6, 6.07) is 2.91. The SMILES string of the molecule is O=S(=O)(OC1=C(c2ncccn2)Cc2cnccc21)C(F)(F)F. The van der Waals surface area contributed by atoms with E-state index in [4.69, 9.17) is 0 Å². The zero-order chi connectivity index (χ0) is 16.7. The number of rotatable bonds is 3. The zero-order valence-electron chi connectivity index (χ0n) is 11.3. The molecular formula is C13H8F3N3O3S. The van der Waals surface area contributed by atoms with E-state index in [1.165, 1.54) is 36.9 Å². The highest BCUT2D eigenvalue weighted by Gasteiger charge is 2.49. The summed E-state index contributed by atoms with van der Waals surface area (Å²) < 4.78 is 64.9. The average Bonchev–Trinajstić information content (AvgIpc) is 2.85. The molecule has 0 saturated carbocycles. The molecule has 0 spiro atoms. The Morgan fingerprint density at radius 2 is 1.83 bits per heavy atom. The van der Waals surface area contributed by atoms with Crippen LogP contribution in [0.4, 0.5) is 13.2 Å². The number of pyridine rings is 1. The summed E-state index contributed by atoms with van der Waals surface area (Å²) in [5.41, 5.74) is -4.63. The molecule has 2 aromatic rings. The average molecular weight is 343 g/mol. The van der Waals surface area contributed by atoms with Gasteiger partial charge in [0.25, 0.3) is 0 Å². The van der Waals surface area contributed by atoms with E-state index < -0.39 is 21.4 Å². The lowest BCUT2D eigenvalue weighted by Crippen LogP contribution is -2.25. The fourth-order valence-corrected chi connectivity index (χ4v) is 2.61. The normalized spacial score (nSPS) is 14.7. The van der Waals surface area contributed by atoms with Crippen molar-refractivity contribution >= 4 is 21.5 Å². The topological polar surface area (TPSA) is 82.0 Å². The van der Waals surface area contributed by atoms with Crippen molar-refractivity contribution < 1.29 is 25.8 Å². The standard InChI is InChI=1S/C13H8F3N3O3S/c14-13(15,16)23(20,21)22-11-9-2-5-17-7-8(9)6-10(11)12-18-3-1-4-19-12/h1-5,7H,6H2. The van der Waals surface area contributed by atoms with Crippen LogP contribution in [0, 0.1) is 0 Å². The van der Waals surface area contributed by atoms with Crippen molar-refractivity contribution in [3.63, 3.8) is 0 Å². The number of nitrogens with zero attached hydrogens (tertiary/aromatic N) is 3. The van der Waals surface area contributed by atoms with Gasteiger partial charge in [0, 0.05) is 42.3 Å². The minimum atomic E-state index is -5.80. The minimum absolute atomic E-state index is 0.0936. The summed E-state index contributed by atoms with van der Waals surface area (Å²) in [7, 11) is -5.80. The molecule has 0 aliphatic heterocycles. The van der Waals surface area contributed by atoms with E-state index in [0.29, 0.717) is 5.56 Å². The van der Waals surface area contributed by atoms with Gasteiger partial charge in [-0.2, -0.15) is 21.6 Å². The highest BCUT2D eigenvalue weighted by molar-refractivity contribution is 7.87. The molecule has 23 heavy (non-hydrogen) atoms. The van der Waals surface area contributed by atoms with E-state index in [9.17, 15) is 21.6 Å². The smallest absolute Gasteiger partial charge is 0.375 e. The first-order valence-corrected chi connectivity index (χ1v) is 7.65. The number of fused-ring (bicyclic) bond motifs is 1. The fourth-order valence-electron chi connectivity index (χ4n) is 2.11. The van der Waals surface area contributed by atoms with Gasteiger partial charge in [0.1, 0.15) is 0 Å². The van der Waals surface area contributed by atoms with Gasteiger partial charge in [-0.3, -0.25) is 4.98 Å². The van der Waals surface area contributed by atoms with Crippen LogP contribution in [0.5, 0.6) is 0 Å². The predicted molar refractivity (Wildman–Crippen MR) is 72.8 cm³/mol. The molecule has 120 valence electrons. The molecule has 0 N–H and O–H groups in total. The lowest BCUT2D eigenvalue weighted by atomic mass is 10.1. The van der Waals surface area contributed by atoms with Gasteiger partial charge in [0.15, 0.2) is 11.6 Å². The van der Waals surface area contributed by atoms with Gasteiger partial charge in [-0.1, -0.05) is 0 Å². The van der Waals surface area contributed by atoms with E-state index in [0.717, 1.165) is 0 Å². The Morgan fingerprint density at radius 1 is 1.13 bits per heavy atom. The van der Waals surface area contributed by atoms with E-state index >= 15 is 0 Å². The third-order valence-corrected chi connectivity index (χ3v) is 4.05. The summed E-state index contributed by atoms with van der Waals surface area (Å²) in [6.07, 6.45) is 5.67. The molecule has 0 saturated heterocycles. The van der Waals surface area contributed by atoms with Crippen molar-refractivity contribution in [2.45, 2.75) is 11.9 Å². The predicted octanol–water partition coefficient (Wildman–Crippen LogP) is 2.16. The summed E-state index contributed by atoms with van der Waals surface area (Å²) in [5, 5.41) is 0. The highest BCUT2D eigenvalue weighted by atomic mass is 32.2. The lowest BCUT2D eigenvalue weighted by molar-refractivity contribution is -0.0509. The van der Waals surface area contributed by atoms with Gasteiger partial charge in [0.05, 0.1) is 0 Å².